The van der Waals surface area contributed by atoms with E-state index in [0.29, 0.717) is 23.6 Å². The van der Waals surface area contributed by atoms with Crippen molar-refractivity contribution < 1.29 is 14.3 Å². The van der Waals surface area contributed by atoms with E-state index in [-0.39, 0.29) is 10.7 Å². The van der Waals surface area contributed by atoms with Crippen LogP contribution >= 0.6 is 44.1 Å². The lowest BCUT2D eigenvalue weighted by molar-refractivity contribution is -0.122. The van der Waals surface area contributed by atoms with Gasteiger partial charge in [-0.25, -0.2) is 0 Å². The Hall–Kier alpha value is -2.81. The maximum atomic E-state index is 13.2. The molecule has 3 aromatic rings. The van der Waals surface area contributed by atoms with Crippen LogP contribution in [-0.2, 0) is 16.2 Å². The van der Waals surface area contributed by atoms with Crippen molar-refractivity contribution in [2.45, 2.75) is 20.5 Å². The normalized spacial score (nSPS) is 15.0. The molecule has 0 bridgehead atoms. The summed E-state index contributed by atoms with van der Waals surface area (Å²) in [5.41, 5.74) is 4.35. The van der Waals surface area contributed by atoms with E-state index in [1.54, 1.807) is 30.3 Å². The molecule has 4 rings (SSSR count). The molecule has 5 nitrogen and oxygen atoms in total. The summed E-state index contributed by atoms with van der Waals surface area (Å²) in [6.07, 6.45) is 1.56. The van der Waals surface area contributed by atoms with Gasteiger partial charge in [0.25, 0.3) is 11.8 Å². The predicted molar refractivity (Wildman–Crippen MR) is 145 cm³/mol. The van der Waals surface area contributed by atoms with Gasteiger partial charge in [0.05, 0.1) is 5.69 Å². The number of amides is 2. The zero-order valence-electron chi connectivity index (χ0n) is 18.4. The summed E-state index contributed by atoms with van der Waals surface area (Å²) >= 11 is 12.3. The van der Waals surface area contributed by atoms with Gasteiger partial charge in [-0.15, -0.1) is 0 Å². The van der Waals surface area contributed by atoms with Crippen LogP contribution in [0.5, 0.6) is 5.75 Å². The van der Waals surface area contributed by atoms with Gasteiger partial charge in [-0.2, -0.15) is 0 Å². The Morgan fingerprint density at radius 1 is 0.971 bits per heavy atom. The van der Waals surface area contributed by atoms with E-state index in [4.69, 9.17) is 17.0 Å². The van der Waals surface area contributed by atoms with E-state index in [1.165, 1.54) is 4.90 Å². The molecular weight excluding hydrogens is 580 g/mol. The number of benzene rings is 3. The summed E-state index contributed by atoms with van der Waals surface area (Å²) in [5, 5.41) is 2.69. The average Bonchev–Trinajstić information content (AvgIpc) is 2.76. The van der Waals surface area contributed by atoms with Crippen LogP contribution in [-0.4, -0.2) is 16.9 Å². The molecular formula is C26H20Br2N2O3S. The first-order valence-electron chi connectivity index (χ1n) is 10.4. The zero-order chi connectivity index (χ0) is 24.4. The standard InChI is InChI=1S/C26H20Br2N2O3S/c1-15-9-16(2)11-20(10-15)30-25(32)22(24(31)29-26(30)34)12-17-3-7-21(8-4-17)33-14-18-5-6-19(27)13-23(18)28/h3-13H,14H2,1-2H3,(H,29,31,34)/b22-12+. The maximum Gasteiger partial charge on any atom is 0.270 e. The van der Waals surface area contributed by atoms with Crippen LogP contribution in [0.1, 0.15) is 22.3 Å². The number of carbonyl (C=O) groups excluding carboxylic acids is 2. The summed E-state index contributed by atoms with van der Waals surface area (Å²) in [4.78, 5) is 27.2. The van der Waals surface area contributed by atoms with E-state index in [9.17, 15) is 9.59 Å². The van der Waals surface area contributed by atoms with Crippen molar-refractivity contribution in [2.75, 3.05) is 4.90 Å². The second-order valence-electron chi connectivity index (χ2n) is 7.90. The van der Waals surface area contributed by atoms with Gasteiger partial charge in [0.15, 0.2) is 5.11 Å². The lowest BCUT2D eigenvalue weighted by Crippen LogP contribution is -2.54. The van der Waals surface area contributed by atoms with Crippen LogP contribution in [0.3, 0.4) is 0 Å². The van der Waals surface area contributed by atoms with E-state index in [1.807, 2.05) is 50.2 Å². The van der Waals surface area contributed by atoms with Crippen molar-refractivity contribution in [3.63, 3.8) is 0 Å². The minimum Gasteiger partial charge on any atom is -0.489 e. The lowest BCUT2D eigenvalue weighted by atomic mass is 10.1. The van der Waals surface area contributed by atoms with Crippen molar-refractivity contribution in [3.8, 4) is 5.75 Å². The van der Waals surface area contributed by atoms with Gasteiger partial charge in [0.2, 0.25) is 0 Å². The molecule has 3 aromatic carbocycles. The number of nitrogens with one attached hydrogen (secondary N) is 1. The summed E-state index contributed by atoms with van der Waals surface area (Å²) in [5.74, 6) is -0.301. The lowest BCUT2D eigenvalue weighted by Gasteiger charge is -2.29. The highest BCUT2D eigenvalue weighted by Crippen LogP contribution is 2.26. The molecule has 172 valence electrons. The van der Waals surface area contributed by atoms with Crippen molar-refractivity contribution in [1.29, 1.82) is 0 Å². The number of carbonyl (C=O) groups is 2. The number of hydrogen-bond donors (Lipinski definition) is 1. The fraction of sp³-hybridized carbons (Fsp3) is 0.115. The molecule has 0 radical (unpaired) electrons. The molecule has 34 heavy (non-hydrogen) atoms. The first-order valence-corrected chi connectivity index (χ1v) is 12.4. The maximum absolute atomic E-state index is 13.2. The van der Waals surface area contributed by atoms with E-state index >= 15 is 0 Å². The second-order valence-corrected chi connectivity index (χ2v) is 10.1. The Morgan fingerprint density at radius 3 is 2.29 bits per heavy atom. The number of hydrogen-bond acceptors (Lipinski definition) is 4. The number of ether oxygens (including phenoxy) is 1. The van der Waals surface area contributed by atoms with Gasteiger partial charge in [-0.05, 0) is 85.2 Å². The summed E-state index contributed by atoms with van der Waals surface area (Å²) in [6, 6.07) is 18.8. The Balaban J connectivity index is 1.53. The van der Waals surface area contributed by atoms with Crippen molar-refractivity contribution in [3.05, 3.63) is 97.4 Å². The highest BCUT2D eigenvalue weighted by Gasteiger charge is 2.34. The number of rotatable bonds is 5. The fourth-order valence-electron chi connectivity index (χ4n) is 3.60. The molecule has 2 amide bonds. The summed E-state index contributed by atoms with van der Waals surface area (Å²) in [7, 11) is 0. The molecule has 0 saturated carbocycles. The Labute approximate surface area is 220 Å². The third-order valence-electron chi connectivity index (χ3n) is 5.17. The molecule has 0 aliphatic carbocycles. The minimum atomic E-state index is -0.518. The fourth-order valence-corrected chi connectivity index (χ4v) is 5.04. The quantitative estimate of drug-likeness (QED) is 0.214. The molecule has 0 spiro atoms. The SMILES string of the molecule is Cc1cc(C)cc(N2C(=O)/C(=C/c3ccc(OCc4ccc(Br)cc4Br)cc3)C(=O)NC2=S)c1. The second kappa shape index (κ2) is 10.2. The number of nitrogens with zero attached hydrogens (tertiary/aromatic N) is 1. The zero-order valence-corrected chi connectivity index (χ0v) is 22.4. The van der Waals surface area contributed by atoms with E-state index in [0.717, 1.165) is 25.6 Å². The highest BCUT2D eigenvalue weighted by molar-refractivity contribution is 9.11. The van der Waals surface area contributed by atoms with Crippen molar-refractivity contribution >= 4 is 72.8 Å². The van der Waals surface area contributed by atoms with Gasteiger partial charge in [-0.3, -0.25) is 19.8 Å². The van der Waals surface area contributed by atoms with E-state index < -0.39 is 11.8 Å². The summed E-state index contributed by atoms with van der Waals surface area (Å²) < 4.78 is 7.81. The Bertz CT molecular complexity index is 1320. The molecule has 0 aromatic heterocycles. The number of thiocarbonyl (C=S) groups is 1. The molecule has 1 aliphatic heterocycles. The number of halogens is 2. The number of aryl methyl sites for hydroxylation is 2. The first-order chi connectivity index (χ1) is 16.2. The van der Waals surface area contributed by atoms with Crippen LogP contribution in [0, 0.1) is 13.8 Å². The Morgan fingerprint density at radius 2 is 1.65 bits per heavy atom. The van der Waals surface area contributed by atoms with Gasteiger partial charge in [0.1, 0.15) is 17.9 Å². The molecule has 1 saturated heterocycles. The molecule has 1 aliphatic rings. The average molecular weight is 600 g/mol. The van der Waals surface area contributed by atoms with Gasteiger partial charge >= 0.3 is 0 Å². The van der Waals surface area contributed by atoms with Crippen molar-refractivity contribution in [1.82, 2.24) is 5.32 Å². The minimum absolute atomic E-state index is 0.0141. The largest absolute Gasteiger partial charge is 0.489 e. The predicted octanol–water partition coefficient (Wildman–Crippen LogP) is 6.24. The van der Waals surface area contributed by atoms with Gasteiger partial charge < -0.3 is 4.74 Å². The molecule has 8 heteroatoms. The van der Waals surface area contributed by atoms with Crippen LogP contribution in [0.2, 0.25) is 0 Å². The van der Waals surface area contributed by atoms with Crippen LogP contribution in [0.25, 0.3) is 6.08 Å². The van der Waals surface area contributed by atoms with Crippen LogP contribution < -0.4 is 15.0 Å². The third-order valence-corrected chi connectivity index (χ3v) is 6.68. The Kier molecular flexibility index (Phi) is 7.30. The van der Waals surface area contributed by atoms with Gasteiger partial charge in [-0.1, -0.05) is 56.1 Å². The molecule has 1 fully saturated rings. The van der Waals surface area contributed by atoms with Gasteiger partial charge in [0, 0.05) is 14.5 Å². The monoisotopic (exact) mass is 598 g/mol. The highest BCUT2D eigenvalue weighted by atomic mass is 79.9. The summed E-state index contributed by atoms with van der Waals surface area (Å²) in [6.45, 7) is 4.29. The first kappa shape index (κ1) is 24.3. The van der Waals surface area contributed by atoms with Crippen LogP contribution in [0.4, 0.5) is 5.69 Å². The molecule has 0 unspecified atom stereocenters. The van der Waals surface area contributed by atoms with Crippen molar-refractivity contribution in [2.24, 2.45) is 0 Å². The molecule has 1 heterocycles. The molecule has 0 atom stereocenters. The van der Waals surface area contributed by atoms with E-state index in [2.05, 4.69) is 37.2 Å². The van der Waals surface area contributed by atoms with Crippen LogP contribution in [0.15, 0.2) is 75.2 Å². The number of anilines is 1. The smallest absolute Gasteiger partial charge is 0.270 e. The topological polar surface area (TPSA) is 58.6 Å². The third kappa shape index (κ3) is 5.46. The molecule has 1 N–H and O–H groups in total.